The second-order valence-electron chi connectivity index (χ2n) is 4.37. The molecule has 0 aliphatic heterocycles. The maximum absolute atomic E-state index is 11.1. The number of hydrogen-bond donors (Lipinski definition) is 0. The molecule has 0 amide bonds. The molecule has 11 heavy (non-hydrogen) atoms. The summed E-state index contributed by atoms with van der Waals surface area (Å²) in [5.41, 5.74) is 0.469. The van der Waals surface area contributed by atoms with Gasteiger partial charge in [-0.25, -0.2) is 0 Å². The van der Waals surface area contributed by atoms with Crippen LogP contribution in [0.1, 0.15) is 45.4 Å². The van der Waals surface area contributed by atoms with Gasteiger partial charge in [-0.3, -0.25) is 4.79 Å². The number of hydrogen-bond acceptors (Lipinski definition) is 1. The highest BCUT2D eigenvalue weighted by Gasteiger charge is 2.45. The molecular formula is C10H16O. The fourth-order valence-electron chi connectivity index (χ4n) is 2.90. The summed E-state index contributed by atoms with van der Waals surface area (Å²) in [6, 6.07) is 0. The molecule has 2 aliphatic carbocycles. The average Bonchev–Trinajstić information content (AvgIpc) is 2.46. The molecular weight excluding hydrogens is 136 g/mol. The van der Waals surface area contributed by atoms with E-state index >= 15 is 0 Å². The first-order valence-corrected chi connectivity index (χ1v) is 4.75. The molecule has 1 nitrogen and oxygen atoms in total. The van der Waals surface area contributed by atoms with Crippen LogP contribution in [0.5, 0.6) is 0 Å². The molecule has 2 rings (SSSR count). The van der Waals surface area contributed by atoms with Crippen molar-refractivity contribution in [1.82, 2.24) is 0 Å². The Bertz CT molecular complexity index is 185. The smallest absolute Gasteiger partial charge is 0.133 e. The van der Waals surface area contributed by atoms with E-state index in [0.717, 1.165) is 18.8 Å². The van der Waals surface area contributed by atoms with Gasteiger partial charge in [-0.05, 0) is 24.2 Å². The lowest BCUT2D eigenvalue weighted by molar-refractivity contribution is -0.118. The van der Waals surface area contributed by atoms with Crippen molar-refractivity contribution in [2.45, 2.75) is 45.4 Å². The van der Waals surface area contributed by atoms with Gasteiger partial charge in [0.1, 0.15) is 5.78 Å². The third-order valence-electron chi connectivity index (χ3n) is 3.81. The Hall–Kier alpha value is -0.330. The summed E-state index contributed by atoms with van der Waals surface area (Å²) >= 11 is 0. The van der Waals surface area contributed by atoms with Crippen LogP contribution in [0, 0.1) is 11.3 Å². The van der Waals surface area contributed by atoms with Crippen molar-refractivity contribution in [3.63, 3.8) is 0 Å². The Morgan fingerprint density at radius 1 is 1.45 bits per heavy atom. The maximum Gasteiger partial charge on any atom is 0.133 e. The summed E-state index contributed by atoms with van der Waals surface area (Å²) in [6.45, 7) is 2.33. The van der Waals surface area contributed by atoms with Crippen LogP contribution in [-0.2, 0) is 4.79 Å². The van der Waals surface area contributed by atoms with E-state index in [-0.39, 0.29) is 0 Å². The molecule has 0 radical (unpaired) electrons. The van der Waals surface area contributed by atoms with E-state index in [9.17, 15) is 4.79 Å². The van der Waals surface area contributed by atoms with Crippen molar-refractivity contribution in [1.29, 1.82) is 0 Å². The number of ketones is 1. The van der Waals surface area contributed by atoms with Crippen LogP contribution >= 0.6 is 0 Å². The first kappa shape index (κ1) is 7.33. The number of carbonyl (C=O) groups is 1. The average molecular weight is 152 g/mol. The molecule has 1 spiro atoms. The van der Waals surface area contributed by atoms with E-state index in [2.05, 4.69) is 6.92 Å². The van der Waals surface area contributed by atoms with E-state index in [0.29, 0.717) is 11.2 Å². The minimum Gasteiger partial charge on any atom is -0.300 e. The third kappa shape index (κ3) is 1.02. The summed E-state index contributed by atoms with van der Waals surface area (Å²) in [7, 11) is 0. The van der Waals surface area contributed by atoms with Crippen LogP contribution in [0.2, 0.25) is 0 Å². The lowest BCUT2D eigenvalue weighted by Crippen LogP contribution is -2.19. The largest absolute Gasteiger partial charge is 0.300 e. The van der Waals surface area contributed by atoms with Gasteiger partial charge in [0.2, 0.25) is 0 Å². The zero-order chi connectivity index (χ0) is 7.90. The van der Waals surface area contributed by atoms with Crippen LogP contribution in [0.25, 0.3) is 0 Å². The van der Waals surface area contributed by atoms with Crippen molar-refractivity contribution in [2.24, 2.45) is 11.3 Å². The quantitative estimate of drug-likeness (QED) is 0.521. The molecule has 0 aromatic rings. The van der Waals surface area contributed by atoms with E-state index < -0.39 is 0 Å². The van der Waals surface area contributed by atoms with Gasteiger partial charge in [-0.15, -0.1) is 0 Å². The van der Waals surface area contributed by atoms with Gasteiger partial charge >= 0.3 is 0 Å². The van der Waals surface area contributed by atoms with Gasteiger partial charge in [0, 0.05) is 12.8 Å². The first-order chi connectivity index (χ1) is 5.23. The highest BCUT2D eigenvalue weighted by atomic mass is 16.1. The third-order valence-corrected chi connectivity index (χ3v) is 3.81. The Labute approximate surface area is 68.2 Å². The normalized spacial score (nSPS) is 44.1. The summed E-state index contributed by atoms with van der Waals surface area (Å²) in [4.78, 5) is 11.1. The van der Waals surface area contributed by atoms with Crippen LogP contribution in [-0.4, -0.2) is 5.78 Å². The van der Waals surface area contributed by atoms with E-state index in [1.165, 1.54) is 25.7 Å². The second kappa shape index (κ2) is 2.33. The summed E-state index contributed by atoms with van der Waals surface area (Å²) < 4.78 is 0. The summed E-state index contributed by atoms with van der Waals surface area (Å²) in [5, 5.41) is 0. The fraction of sp³-hybridized carbons (Fsp3) is 0.900. The monoisotopic (exact) mass is 152 g/mol. The standard InChI is InChI=1S/C10H16O/c1-8-3-2-5-10(8)6-4-9(11)7-10/h8H,2-7H2,1H3. The molecule has 0 N–H and O–H groups in total. The van der Waals surface area contributed by atoms with Crippen LogP contribution in [0.3, 0.4) is 0 Å². The van der Waals surface area contributed by atoms with Crippen LogP contribution < -0.4 is 0 Å². The Kier molecular flexibility index (Phi) is 1.55. The number of rotatable bonds is 0. The Morgan fingerprint density at radius 3 is 2.73 bits per heavy atom. The van der Waals surface area contributed by atoms with Crippen LogP contribution in [0.4, 0.5) is 0 Å². The van der Waals surface area contributed by atoms with Crippen molar-refractivity contribution in [3.8, 4) is 0 Å². The van der Waals surface area contributed by atoms with Gasteiger partial charge in [0.15, 0.2) is 0 Å². The molecule has 0 heterocycles. The molecule has 2 unspecified atom stereocenters. The molecule has 1 heteroatoms. The highest BCUT2D eigenvalue weighted by molar-refractivity contribution is 5.81. The molecule has 2 saturated carbocycles. The molecule has 0 bridgehead atoms. The van der Waals surface area contributed by atoms with Gasteiger partial charge in [0.25, 0.3) is 0 Å². The second-order valence-corrected chi connectivity index (χ2v) is 4.37. The molecule has 2 fully saturated rings. The van der Waals surface area contributed by atoms with Crippen molar-refractivity contribution in [3.05, 3.63) is 0 Å². The predicted octanol–water partition coefficient (Wildman–Crippen LogP) is 2.55. The highest BCUT2D eigenvalue weighted by Crippen LogP contribution is 2.52. The van der Waals surface area contributed by atoms with Crippen molar-refractivity contribution in [2.75, 3.05) is 0 Å². The fourth-order valence-corrected chi connectivity index (χ4v) is 2.90. The van der Waals surface area contributed by atoms with Crippen molar-refractivity contribution < 1.29 is 4.79 Å². The lowest BCUT2D eigenvalue weighted by Gasteiger charge is -2.27. The minimum atomic E-state index is 0.469. The van der Waals surface area contributed by atoms with Gasteiger partial charge in [0.05, 0.1) is 0 Å². The molecule has 2 aliphatic rings. The maximum atomic E-state index is 11.1. The predicted molar refractivity (Wildman–Crippen MR) is 44.3 cm³/mol. The van der Waals surface area contributed by atoms with Gasteiger partial charge in [-0.2, -0.15) is 0 Å². The number of carbonyl (C=O) groups excluding carboxylic acids is 1. The Balaban J connectivity index is 2.16. The first-order valence-electron chi connectivity index (χ1n) is 4.75. The topological polar surface area (TPSA) is 17.1 Å². The van der Waals surface area contributed by atoms with E-state index in [1.54, 1.807) is 0 Å². The zero-order valence-electron chi connectivity index (χ0n) is 7.23. The van der Waals surface area contributed by atoms with Crippen LogP contribution in [0.15, 0.2) is 0 Å². The van der Waals surface area contributed by atoms with Gasteiger partial charge in [-0.1, -0.05) is 19.8 Å². The van der Waals surface area contributed by atoms with E-state index in [4.69, 9.17) is 0 Å². The molecule has 0 aromatic heterocycles. The minimum absolute atomic E-state index is 0.469. The molecule has 0 aromatic carbocycles. The SMILES string of the molecule is CC1CCCC12CCC(=O)C2. The molecule has 2 atom stereocenters. The molecule has 62 valence electrons. The van der Waals surface area contributed by atoms with Crippen molar-refractivity contribution >= 4 is 5.78 Å². The molecule has 0 saturated heterocycles. The van der Waals surface area contributed by atoms with E-state index in [1.807, 2.05) is 0 Å². The zero-order valence-corrected chi connectivity index (χ0v) is 7.23. The Morgan fingerprint density at radius 2 is 2.27 bits per heavy atom. The summed E-state index contributed by atoms with van der Waals surface area (Å²) in [5.74, 6) is 1.33. The van der Waals surface area contributed by atoms with Gasteiger partial charge < -0.3 is 0 Å². The lowest BCUT2D eigenvalue weighted by atomic mass is 9.77. The number of Topliss-reactive ketones (excluding diaryl/α,β-unsaturated/α-hetero) is 1. The summed E-state index contributed by atoms with van der Waals surface area (Å²) in [6.07, 6.45) is 6.98.